The Balaban J connectivity index is 1.90. The van der Waals surface area contributed by atoms with Gasteiger partial charge in [0.2, 0.25) is 0 Å². The van der Waals surface area contributed by atoms with Crippen LogP contribution in [0, 0.1) is 0 Å². The molecule has 1 N–H and O–H groups in total. The van der Waals surface area contributed by atoms with Gasteiger partial charge in [-0.05, 0) is 72.5 Å². The fraction of sp³-hybridized carbons (Fsp3) is 0.462. The van der Waals surface area contributed by atoms with E-state index in [4.69, 9.17) is 0 Å². The van der Waals surface area contributed by atoms with Crippen molar-refractivity contribution >= 4 is 21.5 Å². The molecule has 0 bridgehead atoms. The van der Waals surface area contributed by atoms with Crippen molar-refractivity contribution in [1.29, 1.82) is 0 Å². The Bertz CT molecular complexity index is 891. The zero-order valence-corrected chi connectivity index (χ0v) is 17.7. The third-order valence-corrected chi connectivity index (χ3v) is 5.92. The van der Waals surface area contributed by atoms with Gasteiger partial charge in [-0.1, -0.05) is 75.2 Å². The Morgan fingerprint density at radius 2 is 1.36 bits per heavy atom. The molecule has 0 spiro atoms. The third kappa shape index (κ3) is 4.74. The molecule has 3 aromatic carbocycles. The van der Waals surface area contributed by atoms with Gasteiger partial charge in [-0.2, -0.15) is 0 Å². The van der Waals surface area contributed by atoms with E-state index >= 15 is 0 Å². The molecule has 0 aliphatic rings. The van der Waals surface area contributed by atoms with Crippen LogP contribution in [0.15, 0.2) is 54.6 Å². The van der Waals surface area contributed by atoms with Crippen LogP contribution in [-0.2, 0) is 5.60 Å². The highest BCUT2D eigenvalue weighted by molar-refractivity contribution is 6.09. The number of fused-ring (bicyclic) bond motifs is 3. The van der Waals surface area contributed by atoms with E-state index in [-0.39, 0.29) is 0 Å². The average molecular weight is 378 g/mol. The van der Waals surface area contributed by atoms with Crippen molar-refractivity contribution in [1.82, 2.24) is 4.90 Å². The molecule has 0 amide bonds. The predicted octanol–water partition coefficient (Wildman–Crippen LogP) is 6.49. The Labute approximate surface area is 170 Å². The lowest BCUT2D eigenvalue weighted by molar-refractivity contribution is 0.0370. The maximum Gasteiger partial charge on any atom is 0.0886 e. The minimum atomic E-state index is -0.847. The first-order chi connectivity index (χ1) is 13.6. The topological polar surface area (TPSA) is 23.5 Å². The van der Waals surface area contributed by atoms with Crippen molar-refractivity contribution < 1.29 is 5.11 Å². The second kappa shape index (κ2) is 9.54. The lowest BCUT2D eigenvalue weighted by Crippen LogP contribution is -2.33. The van der Waals surface area contributed by atoms with Gasteiger partial charge in [-0.25, -0.2) is 0 Å². The van der Waals surface area contributed by atoms with Crippen molar-refractivity contribution in [2.75, 3.05) is 19.6 Å². The Morgan fingerprint density at radius 1 is 0.786 bits per heavy atom. The SMILES string of the molecule is CCCCN(CCCC)CC[C@@](C)(O)c1cc2ccccc2c2ccccc12. The van der Waals surface area contributed by atoms with Gasteiger partial charge in [0.25, 0.3) is 0 Å². The van der Waals surface area contributed by atoms with Gasteiger partial charge in [-0.15, -0.1) is 0 Å². The fourth-order valence-corrected chi connectivity index (χ4v) is 4.11. The first kappa shape index (κ1) is 20.8. The smallest absolute Gasteiger partial charge is 0.0886 e. The van der Waals surface area contributed by atoms with Crippen LogP contribution >= 0.6 is 0 Å². The highest BCUT2D eigenvalue weighted by Crippen LogP contribution is 2.36. The van der Waals surface area contributed by atoms with E-state index in [9.17, 15) is 5.11 Å². The molecule has 0 aliphatic heterocycles. The molecule has 0 unspecified atom stereocenters. The molecule has 0 fully saturated rings. The molecule has 2 nitrogen and oxygen atoms in total. The van der Waals surface area contributed by atoms with Gasteiger partial charge in [0.15, 0.2) is 0 Å². The van der Waals surface area contributed by atoms with Crippen LogP contribution in [0.5, 0.6) is 0 Å². The van der Waals surface area contributed by atoms with Gasteiger partial charge in [0, 0.05) is 6.54 Å². The van der Waals surface area contributed by atoms with E-state index in [1.807, 2.05) is 6.92 Å². The van der Waals surface area contributed by atoms with Gasteiger partial charge in [0.05, 0.1) is 5.60 Å². The summed E-state index contributed by atoms with van der Waals surface area (Å²) >= 11 is 0. The van der Waals surface area contributed by atoms with Crippen molar-refractivity contribution in [2.24, 2.45) is 0 Å². The molecule has 1 atom stereocenters. The normalized spacial score (nSPS) is 14.0. The number of aliphatic hydroxyl groups is 1. The number of unbranched alkanes of at least 4 members (excludes halogenated alkanes) is 2. The standard InChI is InChI=1S/C26H35NO/c1-4-6-17-27(18-7-5-2)19-16-26(3,28)25-20-21-12-8-9-13-22(21)23-14-10-11-15-24(23)25/h8-15,20,28H,4-7,16-19H2,1-3H3/t26-/m1/s1. The van der Waals surface area contributed by atoms with Crippen LogP contribution in [0.3, 0.4) is 0 Å². The van der Waals surface area contributed by atoms with E-state index in [1.54, 1.807) is 0 Å². The number of benzene rings is 3. The summed E-state index contributed by atoms with van der Waals surface area (Å²) in [6.45, 7) is 9.68. The summed E-state index contributed by atoms with van der Waals surface area (Å²) in [6.07, 6.45) is 5.64. The largest absolute Gasteiger partial charge is 0.385 e. The molecule has 28 heavy (non-hydrogen) atoms. The van der Waals surface area contributed by atoms with Crippen molar-refractivity contribution in [2.45, 2.75) is 58.5 Å². The minimum absolute atomic E-state index is 0.753. The van der Waals surface area contributed by atoms with E-state index in [1.165, 1.54) is 47.2 Å². The summed E-state index contributed by atoms with van der Waals surface area (Å²) in [5, 5.41) is 16.4. The quantitative estimate of drug-likeness (QED) is 0.408. The van der Waals surface area contributed by atoms with Crippen LogP contribution in [0.4, 0.5) is 0 Å². The lowest BCUT2D eigenvalue weighted by atomic mass is 9.85. The minimum Gasteiger partial charge on any atom is -0.385 e. The van der Waals surface area contributed by atoms with Crippen LogP contribution in [0.1, 0.15) is 58.4 Å². The molecule has 0 heterocycles. The van der Waals surface area contributed by atoms with Crippen LogP contribution < -0.4 is 0 Å². The Hall–Kier alpha value is -1.90. The lowest BCUT2D eigenvalue weighted by Gasteiger charge is -2.30. The number of hydrogen-bond acceptors (Lipinski definition) is 2. The van der Waals surface area contributed by atoms with Gasteiger partial charge >= 0.3 is 0 Å². The van der Waals surface area contributed by atoms with Gasteiger partial charge < -0.3 is 10.0 Å². The molecule has 0 aromatic heterocycles. The zero-order chi connectivity index (χ0) is 20.0. The summed E-state index contributed by atoms with van der Waals surface area (Å²) in [6, 6.07) is 19.2. The molecule has 3 aromatic rings. The molecule has 0 radical (unpaired) electrons. The summed E-state index contributed by atoms with van der Waals surface area (Å²) < 4.78 is 0. The maximum absolute atomic E-state index is 11.5. The van der Waals surface area contributed by atoms with Crippen LogP contribution in [0.25, 0.3) is 21.5 Å². The molecular weight excluding hydrogens is 342 g/mol. The molecule has 0 saturated heterocycles. The number of hydrogen-bond donors (Lipinski definition) is 1. The molecule has 0 saturated carbocycles. The first-order valence-electron chi connectivity index (χ1n) is 10.9. The average Bonchev–Trinajstić information content (AvgIpc) is 2.72. The highest BCUT2D eigenvalue weighted by Gasteiger charge is 2.26. The second-order valence-corrected chi connectivity index (χ2v) is 8.26. The van der Waals surface area contributed by atoms with Crippen LogP contribution in [0.2, 0.25) is 0 Å². The van der Waals surface area contributed by atoms with Crippen molar-refractivity contribution in [3.8, 4) is 0 Å². The molecule has 0 aliphatic carbocycles. The fourth-order valence-electron chi connectivity index (χ4n) is 4.11. The molecule has 150 valence electrons. The van der Waals surface area contributed by atoms with Gasteiger partial charge in [0.1, 0.15) is 0 Å². The second-order valence-electron chi connectivity index (χ2n) is 8.26. The third-order valence-electron chi connectivity index (χ3n) is 5.92. The zero-order valence-electron chi connectivity index (χ0n) is 17.7. The summed E-state index contributed by atoms with van der Waals surface area (Å²) in [4.78, 5) is 2.53. The first-order valence-corrected chi connectivity index (χ1v) is 10.9. The molecular formula is C26H35NO. The van der Waals surface area contributed by atoms with E-state index in [0.717, 1.165) is 31.6 Å². The maximum atomic E-state index is 11.5. The monoisotopic (exact) mass is 377 g/mol. The van der Waals surface area contributed by atoms with Crippen molar-refractivity contribution in [3.63, 3.8) is 0 Å². The summed E-state index contributed by atoms with van der Waals surface area (Å²) in [5.74, 6) is 0. The van der Waals surface area contributed by atoms with Crippen LogP contribution in [-0.4, -0.2) is 29.6 Å². The Kier molecular flexibility index (Phi) is 7.09. The number of nitrogens with zero attached hydrogens (tertiary/aromatic N) is 1. The van der Waals surface area contributed by atoms with E-state index in [0.29, 0.717) is 0 Å². The van der Waals surface area contributed by atoms with E-state index in [2.05, 4.69) is 73.3 Å². The van der Waals surface area contributed by atoms with E-state index < -0.39 is 5.60 Å². The van der Waals surface area contributed by atoms with Crippen molar-refractivity contribution in [3.05, 3.63) is 60.2 Å². The highest BCUT2D eigenvalue weighted by atomic mass is 16.3. The molecule has 3 rings (SSSR count). The molecule has 2 heteroatoms. The number of rotatable bonds is 10. The Morgan fingerprint density at radius 3 is 2.00 bits per heavy atom. The summed E-state index contributed by atoms with van der Waals surface area (Å²) in [7, 11) is 0. The summed E-state index contributed by atoms with van der Waals surface area (Å²) in [5.41, 5.74) is 0.202. The predicted molar refractivity (Wildman–Crippen MR) is 122 cm³/mol. The van der Waals surface area contributed by atoms with Gasteiger partial charge in [-0.3, -0.25) is 0 Å².